The molecule has 1 aromatic heterocycles. The first kappa shape index (κ1) is 9.59. The van der Waals surface area contributed by atoms with Crippen LogP contribution in [0.5, 0.6) is 0 Å². The van der Waals surface area contributed by atoms with Crippen LogP contribution in [0.25, 0.3) is 0 Å². The van der Waals surface area contributed by atoms with E-state index in [1.807, 2.05) is 7.05 Å². The monoisotopic (exact) mass is 194 g/mol. The Morgan fingerprint density at radius 1 is 1.50 bits per heavy atom. The van der Waals surface area contributed by atoms with Gasteiger partial charge in [-0.2, -0.15) is 0 Å². The molecule has 0 saturated heterocycles. The number of pyridine rings is 1. The van der Waals surface area contributed by atoms with Gasteiger partial charge in [0.25, 0.3) is 0 Å². The van der Waals surface area contributed by atoms with Gasteiger partial charge in [-0.3, -0.25) is 4.98 Å². The van der Waals surface area contributed by atoms with Gasteiger partial charge in [-0.1, -0.05) is 0 Å². The van der Waals surface area contributed by atoms with E-state index in [4.69, 9.17) is 0 Å². The van der Waals surface area contributed by atoms with Crippen molar-refractivity contribution in [3.63, 3.8) is 0 Å². The zero-order valence-electron chi connectivity index (χ0n) is 8.33. The molecule has 14 heavy (non-hydrogen) atoms. The first-order valence-corrected chi connectivity index (χ1v) is 5.08. The van der Waals surface area contributed by atoms with Gasteiger partial charge in [-0.15, -0.1) is 0 Å². The maximum Gasteiger partial charge on any atom is 0.144 e. The molecule has 0 aliphatic heterocycles. The van der Waals surface area contributed by atoms with Gasteiger partial charge in [0, 0.05) is 12.2 Å². The summed E-state index contributed by atoms with van der Waals surface area (Å²) in [6.45, 7) is 0. The van der Waals surface area contributed by atoms with Gasteiger partial charge >= 0.3 is 0 Å². The van der Waals surface area contributed by atoms with Crippen LogP contribution in [-0.4, -0.2) is 18.1 Å². The average Bonchev–Trinajstić information content (AvgIpc) is 2.67. The zero-order chi connectivity index (χ0) is 9.97. The molecule has 1 aliphatic carbocycles. The molecule has 3 heteroatoms. The van der Waals surface area contributed by atoms with Crippen molar-refractivity contribution >= 4 is 0 Å². The molecule has 0 aromatic carbocycles. The number of halogens is 1. The molecule has 1 N–H and O–H groups in total. The summed E-state index contributed by atoms with van der Waals surface area (Å²) in [5, 5.41) is 3.25. The first-order valence-electron chi connectivity index (χ1n) is 5.08. The van der Waals surface area contributed by atoms with Crippen molar-refractivity contribution in [2.24, 2.45) is 0 Å². The number of hydrogen-bond acceptors (Lipinski definition) is 2. The van der Waals surface area contributed by atoms with E-state index in [1.54, 1.807) is 12.3 Å². The summed E-state index contributed by atoms with van der Waals surface area (Å²) in [5.74, 6) is 0.213. The van der Waals surface area contributed by atoms with Crippen molar-refractivity contribution in [1.29, 1.82) is 0 Å². The fraction of sp³-hybridized carbons (Fsp3) is 0.545. The summed E-state index contributed by atoms with van der Waals surface area (Å²) < 4.78 is 13.4. The zero-order valence-corrected chi connectivity index (χ0v) is 8.33. The summed E-state index contributed by atoms with van der Waals surface area (Å²) in [6.07, 6.45) is 6.24. The Kier molecular flexibility index (Phi) is 2.77. The molecule has 2 atom stereocenters. The summed E-state index contributed by atoms with van der Waals surface area (Å²) in [7, 11) is 1.97. The van der Waals surface area contributed by atoms with Gasteiger partial charge in [-0.05, 0) is 43.9 Å². The standard InChI is InChI=1S/C11H15FN2/c1-13-9-3-2-8(6-9)10-4-5-14-7-11(10)12/h4-5,7-9,13H,2-3,6H2,1H3. The summed E-state index contributed by atoms with van der Waals surface area (Å²) in [4.78, 5) is 3.76. The number of nitrogens with zero attached hydrogens (tertiary/aromatic N) is 1. The Morgan fingerprint density at radius 2 is 2.36 bits per heavy atom. The Balaban J connectivity index is 2.13. The lowest BCUT2D eigenvalue weighted by Crippen LogP contribution is -2.21. The van der Waals surface area contributed by atoms with Gasteiger partial charge in [0.15, 0.2) is 0 Å². The normalized spacial score (nSPS) is 26.7. The highest BCUT2D eigenvalue weighted by Crippen LogP contribution is 2.35. The van der Waals surface area contributed by atoms with Gasteiger partial charge in [-0.25, -0.2) is 4.39 Å². The molecular weight excluding hydrogens is 179 g/mol. The fourth-order valence-corrected chi connectivity index (χ4v) is 2.24. The molecule has 1 aromatic rings. The highest BCUT2D eigenvalue weighted by molar-refractivity contribution is 5.19. The van der Waals surface area contributed by atoms with Crippen LogP contribution in [0.2, 0.25) is 0 Å². The molecule has 1 fully saturated rings. The largest absolute Gasteiger partial charge is 0.317 e. The van der Waals surface area contributed by atoms with Crippen LogP contribution in [-0.2, 0) is 0 Å². The minimum absolute atomic E-state index is 0.158. The topological polar surface area (TPSA) is 24.9 Å². The third-order valence-electron chi connectivity index (χ3n) is 3.08. The van der Waals surface area contributed by atoms with Crippen LogP contribution >= 0.6 is 0 Å². The van der Waals surface area contributed by atoms with Crippen LogP contribution in [0.4, 0.5) is 4.39 Å². The smallest absolute Gasteiger partial charge is 0.144 e. The summed E-state index contributed by atoms with van der Waals surface area (Å²) >= 11 is 0. The number of rotatable bonds is 2. The van der Waals surface area contributed by atoms with Gasteiger partial charge in [0.05, 0.1) is 6.20 Å². The van der Waals surface area contributed by atoms with E-state index >= 15 is 0 Å². The van der Waals surface area contributed by atoms with E-state index in [0.29, 0.717) is 12.0 Å². The third kappa shape index (κ3) is 1.77. The molecule has 76 valence electrons. The van der Waals surface area contributed by atoms with Crippen LogP contribution < -0.4 is 5.32 Å². The number of hydrogen-bond donors (Lipinski definition) is 1. The first-order chi connectivity index (χ1) is 6.81. The quantitative estimate of drug-likeness (QED) is 0.779. The lowest BCUT2D eigenvalue weighted by Gasteiger charge is -2.11. The molecule has 0 bridgehead atoms. The predicted octanol–water partition coefficient (Wildman–Crippen LogP) is 2.08. The minimum Gasteiger partial charge on any atom is -0.317 e. The Hall–Kier alpha value is -0.960. The third-order valence-corrected chi connectivity index (χ3v) is 3.08. The Bertz CT molecular complexity index is 314. The molecule has 2 rings (SSSR count). The lowest BCUT2D eigenvalue weighted by atomic mass is 9.98. The SMILES string of the molecule is CNC1CCC(c2ccncc2F)C1. The van der Waals surface area contributed by atoms with Crippen molar-refractivity contribution in [1.82, 2.24) is 10.3 Å². The molecule has 2 nitrogen and oxygen atoms in total. The van der Waals surface area contributed by atoms with Crippen LogP contribution in [0.15, 0.2) is 18.5 Å². The molecule has 1 aliphatic rings. The maximum atomic E-state index is 13.4. The molecular formula is C11H15FN2. The second-order valence-electron chi connectivity index (χ2n) is 3.89. The van der Waals surface area contributed by atoms with Crippen LogP contribution in [0.1, 0.15) is 30.7 Å². The molecule has 1 saturated carbocycles. The van der Waals surface area contributed by atoms with Crippen LogP contribution in [0.3, 0.4) is 0 Å². The van der Waals surface area contributed by atoms with Crippen molar-refractivity contribution in [2.45, 2.75) is 31.2 Å². The van der Waals surface area contributed by atoms with Crippen molar-refractivity contribution in [2.75, 3.05) is 7.05 Å². The molecule has 2 unspecified atom stereocenters. The van der Waals surface area contributed by atoms with E-state index in [0.717, 1.165) is 24.8 Å². The van der Waals surface area contributed by atoms with Gasteiger partial charge in [0.1, 0.15) is 5.82 Å². The van der Waals surface area contributed by atoms with E-state index in [-0.39, 0.29) is 5.82 Å². The highest BCUT2D eigenvalue weighted by Gasteiger charge is 2.26. The number of nitrogens with one attached hydrogen (secondary N) is 1. The molecule has 1 heterocycles. The van der Waals surface area contributed by atoms with Crippen molar-refractivity contribution in [3.05, 3.63) is 29.8 Å². The molecule has 0 amide bonds. The minimum atomic E-state index is -0.158. The van der Waals surface area contributed by atoms with E-state index in [9.17, 15) is 4.39 Å². The van der Waals surface area contributed by atoms with Crippen molar-refractivity contribution in [3.8, 4) is 0 Å². The van der Waals surface area contributed by atoms with E-state index < -0.39 is 0 Å². The fourth-order valence-electron chi connectivity index (χ4n) is 2.24. The molecule has 0 spiro atoms. The predicted molar refractivity (Wildman–Crippen MR) is 53.6 cm³/mol. The van der Waals surface area contributed by atoms with Gasteiger partial charge in [0.2, 0.25) is 0 Å². The lowest BCUT2D eigenvalue weighted by molar-refractivity contribution is 0.550. The average molecular weight is 194 g/mol. The van der Waals surface area contributed by atoms with Crippen LogP contribution in [0, 0.1) is 5.82 Å². The maximum absolute atomic E-state index is 13.4. The summed E-state index contributed by atoms with van der Waals surface area (Å²) in [5.41, 5.74) is 0.831. The van der Waals surface area contributed by atoms with E-state index in [1.165, 1.54) is 6.20 Å². The van der Waals surface area contributed by atoms with Gasteiger partial charge < -0.3 is 5.32 Å². The Labute approximate surface area is 83.6 Å². The molecule has 0 radical (unpaired) electrons. The second kappa shape index (κ2) is 4.05. The van der Waals surface area contributed by atoms with E-state index in [2.05, 4.69) is 10.3 Å². The summed E-state index contributed by atoms with van der Waals surface area (Å²) in [6, 6.07) is 2.35. The second-order valence-corrected chi connectivity index (χ2v) is 3.89. The number of aromatic nitrogens is 1. The van der Waals surface area contributed by atoms with Crippen molar-refractivity contribution < 1.29 is 4.39 Å². The highest BCUT2D eigenvalue weighted by atomic mass is 19.1. The Morgan fingerprint density at radius 3 is 3.00 bits per heavy atom.